The van der Waals surface area contributed by atoms with Gasteiger partial charge >= 0.3 is 0 Å². The summed E-state index contributed by atoms with van der Waals surface area (Å²) < 4.78 is 0. The Hall–Kier alpha value is -2.51. The Morgan fingerprint density at radius 1 is 1.30 bits per heavy atom. The number of halogens is 1. The normalized spacial score (nSPS) is 9.80. The highest BCUT2D eigenvalue weighted by molar-refractivity contribution is 6.33. The number of primary amides is 1. The van der Waals surface area contributed by atoms with Crippen LogP contribution in [0.2, 0.25) is 5.02 Å². The molecular formula is C15H12ClN3O. The van der Waals surface area contributed by atoms with Crippen molar-refractivity contribution in [3.63, 3.8) is 0 Å². The Morgan fingerprint density at radius 2 is 2.10 bits per heavy atom. The molecule has 2 aromatic rings. The summed E-state index contributed by atoms with van der Waals surface area (Å²) in [5.74, 6) is -0.565. The number of hydrogen-bond donors (Lipinski definition) is 2. The van der Waals surface area contributed by atoms with Crippen LogP contribution in [0.5, 0.6) is 0 Å². The fourth-order valence-corrected chi connectivity index (χ4v) is 1.99. The van der Waals surface area contributed by atoms with E-state index in [1.165, 1.54) is 0 Å². The molecule has 0 saturated heterocycles. The van der Waals surface area contributed by atoms with Crippen molar-refractivity contribution in [3.05, 3.63) is 64.2 Å². The summed E-state index contributed by atoms with van der Waals surface area (Å²) in [5, 5.41) is 12.3. The maximum Gasteiger partial charge on any atom is 0.250 e. The molecular weight excluding hydrogens is 274 g/mol. The number of nitrogens with one attached hydrogen (secondary N) is 1. The van der Waals surface area contributed by atoms with Gasteiger partial charge in [-0.05, 0) is 35.9 Å². The van der Waals surface area contributed by atoms with E-state index in [1.807, 2.05) is 12.1 Å². The van der Waals surface area contributed by atoms with Crippen LogP contribution in [0.3, 0.4) is 0 Å². The van der Waals surface area contributed by atoms with Gasteiger partial charge in [-0.15, -0.1) is 0 Å². The lowest BCUT2D eigenvalue weighted by atomic mass is 10.1. The molecule has 0 unspecified atom stereocenters. The Bertz CT molecular complexity index is 692. The highest BCUT2D eigenvalue weighted by Gasteiger charge is 2.07. The van der Waals surface area contributed by atoms with E-state index in [4.69, 9.17) is 22.6 Å². The van der Waals surface area contributed by atoms with Gasteiger partial charge in [-0.25, -0.2) is 0 Å². The highest BCUT2D eigenvalue weighted by atomic mass is 35.5. The minimum Gasteiger partial charge on any atom is -0.381 e. The fraction of sp³-hybridized carbons (Fsp3) is 0.0667. The number of anilines is 1. The van der Waals surface area contributed by atoms with E-state index in [0.717, 1.165) is 11.3 Å². The molecule has 3 N–H and O–H groups in total. The van der Waals surface area contributed by atoms with E-state index in [0.29, 0.717) is 17.1 Å². The lowest BCUT2D eigenvalue weighted by molar-refractivity contribution is 0.100. The summed E-state index contributed by atoms with van der Waals surface area (Å²) in [6, 6.07) is 14.4. The number of carbonyl (C=O) groups is 1. The summed E-state index contributed by atoms with van der Waals surface area (Å²) >= 11 is 5.88. The SMILES string of the molecule is N#Cc1cccc(CNc2ccc(Cl)c(C(N)=O)c2)c1. The van der Waals surface area contributed by atoms with Crippen LogP contribution in [-0.2, 0) is 6.54 Å². The Labute approximate surface area is 121 Å². The zero-order valence-electron chi connectivity index (χ0n) is 10.6. The van der Waals surface area contributed by atoms with E-state index in [2.05, 4.69) is 11.4 Å². The number of carbonyl (C=O) groups excluding carboxylic acids is 1. The molecule has 2 rings (SSSR count). The highest BCUT2D eigenvalue weighted by Crippen LogP contribution is 2.20. The Morgan fingerprint density at radius 3 is 2.80 bits per heavy atom. The third-order valence-corrected chi connectivity index (χ3v) is 3.11. The topological polar surface area (TPSA) is 78.9 Å². The third kappa shape index (κ3) is 3.28. The van der Waals surface area contributed by atoms with E-state index in [9.17, 15) is 4.79 Å². The molecule has 100 valence electrons. The van der Waals surface area contributed by atoms with Crippen LogP contribution in [0, 0.1) is 11.3 Å². The van der Waals surface area contributed by atoms with Crippen LogP contribution in [0.15, 0.2) is 42.5 Å². The zero-order valence-corrected chi connectivity index (χ0v) is 11.3. The van der Waals surface area contributed by atoms with Crippen molar-refractivity contribution in [2.75, 3.05) is 5.32 Å². The average Bonchev–Trinajstić information content (AvgIpc) is 2.46. The quantitative estimate of drug-likeness (QED) is 0.906. The van der Waals surface area contributed by atoms with Crippen LogP contribution in [0.25, 0.3) is 0 Å². The molecule has 0 aromatic heterocycles. The van der Waals surface area contributed by atoms with Crippen molar-refractivity contribution in [1.82, 2.24) is 0 Å². The van der Waals surface area contributed by atoms with E-state index >= 15 is 0 Å². The van der Waals surface area contributed by atoms with E-state index < -0.39 is 5.91 Å². The predicted octanol–water partition coefficient (Wildman–Crippen LogP) is 2.92. The van der Waals surface area contributed by atoms with Crippen molar-refractivity contribution in [2.24, 2.45) is 5.73 Å². The first-order valence-corrected chi connectivity index (χ1v) is 6.30. The molecule has 0 fully saturated rings. The summed E-state index contributed by atoms with van der Waals surface area (Å²) in [4.78, 5) is 11.2. The first-order chi connectivity index (χ1) is 9.60. The van der Waals surface area contributed by atoms with Gasteiger partial charge < -0.3 is 11.1 Å². The maximum atomic E-state index is 11.2. The number of nitrogens with zero attached hydrogens (tertiary/aromatic N) is 1. The molecule has 0 aliphatic rings. The van der Waals surface area contributed by atoms with Gasteiger partial charge in [0, 0.05) is 12.2 Å². The molecule has 0 radical (unpaired) electrons. The Balaban J connectivity index is 2.13. The molecule has 0 spiro atoms. The smallest absolute Gasteiger partial charge is 0.250 e. The first-order valence-electron chi connectivity index (χ1n) is 5.92. The second-order valence-corrected chi connectivity index (χ2v) is 4.63. The van der Waals surface area contributed by atoms with Crippen molar-refractivity contribution in [3.8, 4) is 6.07 Å². The van der Waals surface area contributed by atoms with Crippen molar-refractivity contribution in [2.45, 2.75) is 6.54 Å². The minimum absolute atomic E-state index is 0.280. The number of nitrogens with two attached hydrogens (primary N) is 1. The lowest BCUT2D eigenvalue weighted by Crippen LogP contribution is -2.12. The second-order valence-electron chi connectivity index (χ2n) is 4.22. The molecule has 0 bridgehead atoms. The molecule has 0 saturated carbocycles. The van der Waals surface area contributed by atoms with Crippen molar-refractivity contribution < 1.29 is 4.79 Å². The van der Waals surface area contributed by atoms with Crippen molar-refractivity contribution in [1.29, 1.82) is 5.26 Å². The summed E-state index contributed by atoms with van der Waals surface area (Å²) in [6.07, 6.45) is 0. The molecule has 0 heterocycles. The molecule has 0 atom stereocenters. The molecule has 5 heteroatoms. The fourth-order valence-electron chi connectivity index (χ4n) is 1.78. The summed E-state index contributed by atoms with van der Waals surface area (Å²) in [5.41, 5.74) is 7.84. The monoisotopic (exact) mass is 285 g/mol. The summed E-state index contributed by atoms with van der Waals surface area (Å²) in [7, 11) is 0. The van der Waals surface area contributed by atoms with Gasteiger partial charge in [0.2, 0.25) is 5.91 Å². The molecule has 2 aromatic carbocycles. The molecule has 20 heavy (non-hydrogen) atoms. The molecule has 0 aliphatic carbocycles. The lowest BCUT2D eigenvalue weighted by Gasteiger charge is -2.09. The number of benzene rings is 2. The number of hydrogen-bond acceptors (Lipinski definition) is 3. The Kier molecular flexibility index (Phi) is 4.24. The average molecular weight is 286 g/mol. The summed E-state index contributed by atoms with van der Waals surface area (Å²) in [6.45, 7) is 0.537. The van der Waals surface area contributed by atoms with Crippen LogP contribution in [0.4, 0.5) is 5.69 Å². The van der Waals surface area contributed by atoms with Gasteiger partial charge in [0.15, 0.2) is 0 Å². The molecule has 4 nitrogen and oxygen atoms in total. The first kappa shape index (κ1) is 13.9. The minimum atomic E-state index is -0.565. The zero-order chi connectivity index (χ0) is 14.5. The number of rotatable bonds is 4. The van der Waals surface area contributed by atoms with Gasteiger partial charge in [0.05, 0.1) is 22.2 Å². The van der Waals surface area contributed by atoms with Crippen LogP contribution in [-0.4, -0.2) is 5.91 Å². The van der Waals surface area contributed by atoms with Gasteiger partial charge in [-0.3, -0.25) is 4.79 Å². The molecule has 1 amide bonds. The molecule has 0 aliphatic heterocycles. The van der Waals surface area contributed by atoms with Gasteiger partial charge in [-0.1, -0.05) is 23.7 Å². The third-order valence-electron chi connectivity index (χ3n) is 2.78. The van der Waals surface area contributed by atoms with Crippen LogP contribution < -0.4 is 11.1 Å². The predicted molar refractivity (Wildman–Crippen MR) is 78.5 cm³/mol. The largest absolute Gasteiger partial charge is 0.381 e. The van der Waals surface area contributed by atoms with Gasteiger partial charge in [0.1, 0.15) is 0 Å². The van der Waals surface area contributed by atoms with Crippen LogP contribution in [0.1, 0.15) is 21.5 Å². The second kappa shape index (κ2) is 6.09. The van der Waals surface area contributed by atoms with E-state index in [-0.39, 0.29) is 5.56 Å². The van der Waals surface area contributed by atoms with E-state index in [1.54, 1.807) is 30.3 Å². The number of nitriles is 1. The van der Waals surface area contributed by atoms with Gasteiger partial charge in [-0.2, -0.15) is 5.26 Å². The van der Waals surface area contributed by atoms with Gasteiger partial charge in [0.25, 0.3) is 0 Å². The van der Waals surface area contributed by atoms with Crippen LogP contribution >= 0.6 is 11.6 Å². The number of amides is 1. The maximum absolute atomic E-state index is 11.2. The standard InChI is InChI=1S/C15H12ClN3O/c16-14-5-4-12(7-13(14)15(18)20)19-9-11-3-1-2-10(6-11)8-17/h1-7,19H,9H2,(H2,18,20). The van der Waals surface area contributed by atoms with Crippen molar-refractivity contribution >= 4 is 23.2 Å².